The van der Waals surface area contributed by atoms with Crippen LogP contribution in [0.3, 0.4) is 0 Å². The molecule has 0 saturated carbocycles. The van der Waals surface area contributed by atoms with Gasteiger partial charge in [0, 0.05) is 17.1 Å². The zero-order valence-electron chi connectivity index (χ0n) is 11.0. The molecule has 0 atom stereocenters. The fourth-order valence-electron chi connectivity index (χ4n) is 1.80. The Morgan fingerprint density at radius 1 is 1.33 bits per heavy atom. The predicted molar refractivity (Wildman–Crippen MR) is 82.1 cm³/mol. The molecular formula is C14H12BrClF2N2O. The number of ether oxygens (including phenoxy) is 1. The van der Waals surface area contributed by atoms with E-state index in [1.165, 1.54) is 12.1 Å². The van der Waals surface area contributed by atoms with E-state index in [1.807, 2.05) is 13.0 Å². The van der Waals surface area contributed by atoms with Crippen molar-refractivity contribution < 1.29 is 13.5 Å². The van der Waals surface area contributed by atoms with Crippen molar-refractivity contribution >= 4 is 33.2 Å². The molecule has 0 unspecified atom stereocenters. The van der Waals surface area contributed by atoms with E-state index in [-0.39, 0.29) is 5.75 Å². The van der Waals surface area contributed by atoms with Crippen LogP contribution in [0.5, 0.6) is 5.75 Å². The number of alkyl halides is 2. The molecule has 1 aromatic carbocycles. The van der Waals surface area contributed by atoms with E-state index in [0.717, 1.165) is 16.0 Å². The molecule has 2 aromatic rings. The third kappa shape index (κ3) is 4.54. The van der Waals surface area contributed by atoms with Crippen LogP contribution in [-0.4, -0.2) is 11.6 Å². The first-order valence-corrected chi connectivity index (χ1v) is 7.23. The maximum absolute atomic E-state index is 12.4. The lowest BCUT2D eigenvalue weighted by Crippen LogP contribution is -2.08. The SMILES string of the molecule is Cc1nc(Br)ccc1NCc1cc(Cl)ccc1OC(F)F. The summed E-state index contributed by atoms with van der Waals surface area (Å²) < 4.78 is 30.0. The summed E-state index contributed by atoms with van der Waals surface area (Å²) in [5, 5.41) is 3.59. The number of nitrogens with one attached hydrogen (secondary N) is 1. The summed E-state index contributed by atoms with van der Waals surface area (Å²) in [4.78, 5) is 4.25. The zero-order chi connectivity index (χ0) is 15.4. The highest BCUT2D eigenvalue weighted by molar-refractivity contribution is 9.10. The number of hydrogen-bond acceptors (Lipinski definition) is 3. The molecule has 1 N–H and O–H groups in total. The molecule has 1 heterocycles. The van der Waals surface area contributed by atoms with E-state index in [1.54, 1.807) is 12.1 Å². The van der Waals surface area contributed by atoms with Crippen molar-refractivity contribution in [2.24, 2.45) is 0 Å². The summed E-state index contributed by atoms with van der Waals surface area (Å²) in [7, 11) is 0. The summed E-state index contributed by atoms with van der Waals surface area (Å²) in [6.07, 6.45) is 0. The van der Waals surface area contributed by atoms with Gasteiger partial charge < -0.3 is 10.1 Å². The molecule has 21 heavy (non-hydrogen) atoms. The minimum absolute atomic E-state index is 0.102. The highest BCUT2D eigenvalue weighted by atomic mass is 79.9. The normalized spacial score (nSPS) is 10.8. The number of halogens is 4. The summed E-state index contributed by atoms with van der Waals surface area (Å²) in [6.45, 7) is -0.727. The first-order chi connectivity index (χ1) is 9.95. The van der Waals surface area contributed by atoms with E-state index in [9.17, 15) is 8.78 Å². The molecule has 0 radical (unpaired) electrons. The van der Waals surface area contributed by atoms with E-state index in [4.69, 9.17) is 11.6 Å². The van der Waals surface area contributed by atoms with Gasteiger partial charge in [-0.25, -0.2) is 4.98 Å². The Bertz CT molecular complexity index is 640. The minimum Gasteiger partial charge on any atom is -0.434 e. The van der Waals surface area contributed by atoms with Gasteiger partial charge in [0.15, 0.2) is 0 Å². The Labute approximate surface area is 134 Å². The molecule has 0 aliphatic rings. The largest absolute Gasteiger partial charge is 0.434 e. The lowest BCUT2D eigenvalue weighted by atomic mass is 10.2. The van der Waals surface area contributed by atoms with E-state index < -0.39 is 6.61 Å². The van der Waals surface area contributed by atoms with Gasteiger partial charge in [0.2, 0.25) is 0 Å². The fourth-order valence-corrected chi connectivity index (χ4v) is 2.40. The van der Waals surface area contributed by atoms with E-state index in [0.29, 0.717) is 17.1 Å². The topological polar surface area (TPSA) is 34.2 Å². The Balaban J connectivity index is 2.16. The molecule has 0 saturated heterocycles. The van der Waals surface area contributed by atoms with E-state index >= 15 is 0 Å². The van der Waals surface area contributed by atoms with Crippen molar-refractivity contribution in [2.45, 2.75) is 20.1 Å². The molecule has 0 aliphatic heterocycles. The molecule has 0 fully saturated rings. The number of aryl methyl sites for hydroxylation is 1. The molecule has 2 rings (SSSR count). The van der Waals surface area contributed by atoms with Crippen LogP contribution in [-0.2, 0) is 6.54 Å². The van der Waals surface area contributed by atoms with Crippen LogP contribution in [0.2, 0.25) is 5.02 Å². The summed E-state index contributed by atoms with van der Waals surface area (Å²) >= 11 is 9.18. The van der Waals surface area contributed by atoms with Crippen molar-refractivity contribution in [2.75, 3.05) is 5.32 Å². The van der Waals surface area contributed by atoms with Crippen molar-refractivity contribution in [3.63, 3.8) is 0 Å². The van der Waals surface area contributed by atoms with Crippen LogP contribution in [0.15, 0.2) is 34.9 Å². The third-order valence-corrected chi connectivity index (χ3v) is 3.44. The number of aromatic nitrogens is 1. The minimum atomic E-state index is -2.87. The highest BCUT2D eigenvalue weighted by Gasteiger charge is 2.11. The molecule has 7 heteroatoms. The van der Waals surface area contributed by atoms with Gasteiger partial charge in [-0.15, -0.1) is 0 Å². The predicted octanol–water partition coefficient (Wildman–Crippen LogP) is 5.02. The lowest BCUT2D eigenvalue weighted by molar-refractivity contribution is -0.0504. The fraction of sp³-hybridized carbons (Fsp3) is 0.214. The molecule has 0 aliphatic carbocycles. The van der Waals surface area contributed by atoms with E-state index in [2.05, 4.69) is 31.0 Å². The summed E-state index contributed by atoms with van der Waals surface area (Å²) in [6, 6.07) is 8.18. The van der Waals surface area contributed by atoms with Gasteiger partial charge in [-0.1, -0.05) is 11.6 Å². The number of benzene rings is 1. The number of nitrogens with zero attached hydrogens (tertiary/aromatic N) is 1. The van der Waals surface area contributed by atoms with Crippen LogP contribution < -0.4 is 10.1 Å². The van der Waals surface area contributed by atoms with Crippen LogP contribution in [0.25, 0.3) is 0 Å². The zero-order valence-corrected chi connectivity index (χ0v) is 13.4. The van der Waals surface area contributed by atoms with Gasteiger partial charge in [0.25, 0.3) is 0 Å². The standard InChI is InChI=1S/C14H12BrClF2N2O/c1-8-11(3-5-13(15)20-8)19-7-9-6-10(16)2-4-12(9)21-14(17)18/h2-6,14,19H,7H2,1H3. The van der Waals surface area contributed by atoms with Crippen LogP contribution in [0.4, 0.5) is 14.5 Å². The Kier molecular flexibility index (Phi) is 5.36. The Morgan fingerprint density at radius 3 is 2.76 bits per heavy atom. The maximum atomic E-state index is 12.4. The van der Waals surface area contributed by atoms with Gasteiger partial charge in [-0.3, -0.25) is 0 Å². The second-order valence-electron chi connectivity index (χ2n) is 4.25. The number of pyridine rings is 1. The molecule has 3 nitrogen and oxygen atoms in total. The smallest absolute Gasteiger partial charge is 0.387 e. The quantitative estimate of drug-likeness (QED) is 0.743. The third-order valence-electron chi connectivity index (χ3n) is 2.76. The van der Waals surface area contributed by atoms with Crippen LogP contribution >= 0.6 is 27.5 Å². The second-order valence-corrected chi connectivity index (χ2v) is 5.50. The van der Waals surface area contributed by atoms with Crippen LogP contribution in [0, 0.1) is 6.92 Å². The van der Waals surface area contributed by atoms with Gasteiger partial charge in [0.1, 0.15) is 10.4 Å². The van der Waals surface area contributed by atoms with Crippen molar-refractivity contribution in [3.8, 4) is 5.75 Å². The Morgan fingerprint density at radius 2 is 2.10 bits per heavy atom. The van der Waals surface area contributed by atoms with Gasteiger partial charge in [0.05, 0.1) is 11.4 Å². The van der Waals surface area contributed by atoms with Gasteiger partial charge in [-0.05, 0) is 53.2 Å². The maximum Gasteiger partial charge on any atom is 0.387 e. The summed E-state index contributed by atoms with van der Waals surface area (Å²) in [5.41, 5.74) is 2.15. The number of rotatable bonds is 5. The van der Waals surface area contributed by atoms with Crippen molar-refractivity contribution in [3.05, 3.63) is 51.2 Å². The lowest BCUT2D eigenvalue weighted by Gasteiger charge is -2.13. The molecule has 1 aromatic heterocycles. The van der Waals surface area contributed by atoms with Crippen molar-refractivity contribution in [1.29, 1.82) is 0 Å². The van der Waals surface area contributed by atoms with Crippen LogP contribution in [0.1, 0.15) is 11.3 Å². The Hall–Kier alpha value is -1.40. The monoisotopic (exact) mass is 376 g/mol. The first kappa shape index (κ1) is 16.0. The average molecular weight is 378 g/mol. The number of hydrogen-bond donors (Lipinski definition) is 1. The molecule has 112 valence electrons. The van der Waals surface area contributed by atoms with Crippen molar-refractivity contribution in [1.82, 2.24) is 4.98 Å². The second kappa shape index (κ2) is 7.04. The molecule has 0 bridgehead atoms. The molecule has 0 amide bonds. The average Bonchev–Trinajstić information content (AvgIpc) is 2.40. The molecular weight excluding hydrogens is 366 g/mol. The summed E-state index contributed by atoms with van der Waals surface area (Å²) in [5.74, 6) is 0.102. The number of anilines is 1. The van der Waals surface area contributed by atoms with Gasteiger partial charge in [-0.2, -0.15) is 8.78 Å². The molecule has 0 spiro atoms. The first-order valence-electron chi connectivity index (χ1n) is 6.06. The van der Waals surface area contributed by atoms with Gasteiger partial charge >= 0.3 is 6.61 Å². The highest BCUT2D eigenvalue weighted by Crippen LogP contribution is 2.26.